The molecule has 0 amide bonds. The maximum Gasteiger partial charge on any atom is 0.0841 e. The van der Waals surface area contributed by atoms with Crippen molar-refractivity contribution in [2.75, 3.05) is 33.4 Å². The number of fused-ring (bicyclic) bond motifs is 1. The average Bonchev–Trinajstić information content (AvgIpc) is 2.75. The van der Waals surface area contributed by atoms with Crippen molar-refractivity contribution in [3.63, 3.8) is 0 Å². The number of nitrogens with one attached hydrogen (secondary N) is 2. The van der Waals surface area contributed by atoms with Gasteiger partial charge in [-0.3, -0.25) is 4.68 Å². The molecule has 5 heteroatoms. The van der Waals surface area contributed by atoms with Crippen LogP contribution in [0.4, 0.5) is 0 Å². The Bertz CT molecular complexity index is 509. The summed E-state index contributed by atoms with van der Waals surface area (Å²) < 4.78 is 6.91. The zero-order chi connectivity index (χ0) is 13.5. The molecule has 0 unspecified atom stereocenters. The number of aromatic nitrogens is 2. The van der Waals surface area contributed by atoms with E-state index in [1.54, 1.807) is 7.11 Å². The number of rotatable bonds is 8. The molecule has 0 saturated carbocycles. The minimum absolute atomic E-state index is 0.755. The molecular weight excluding hydrogens is 240 g/mol. The number of methoxy groups -OCH3 is 1. The van der Waals surface area contributed by atoms with Crippen molar-refractivity contribution in [3.05, 3.63) is 30.0 Å². The number of hydrogen-bond donors (Lipinski definition) is 2. The molecule has 2 N–H and O–H groups in total. The fourth-order valence-electron chi connectivity index (χ4n) is 2.10. The molecule has 0 aliphatic carbocycles. The van der Waals surface area contributed by atoms with Gasteiger partial charge in [-0.15, -0.1) is 0 Å². The van der Waals surface area contributed by atoms with Gasteiger partial charge in [-0.1, -0.05) is 18.2 Å². The van der Waals surface area contributed by atoms with E-state index in [2.05, 4.69) is 33.9 Å². The molecule has 2 rings (SSSR count). The van der Waals surface area contributed by atoms with Crippen molar-refractivity contribution in [3.8, 4) is 0 Å². The second-order valence-corrected chi connectivity index (χ2v) is 4.51. The van der Waals surface area contributed by atoms with E-state index >= 15 is 0 Å². The van der Waals surface area contributed by atoms with Gasteiger partial charge in [0.25, 0.3) is 0 Å². The SMILES string of the molecule is COCCNCCNCc1nn(C)c2ccccc12. The van der Waals surface area contributed by atoms with Crippen LogP contribution in [0.15, 0.2) is 24.3 Å². The molecule has 0 aliphatic heterocycles. The van der Waals surface area contributed by atoms with Gasteiger partial charge >= 0.3 is 0 Å². The molecule has 0 atom stereocenters. The predicted octanol–water partition coefficient (Wildman–Crippen LogP) is 0.899. The van der Waals surface area contributed by atoms with Crippen molar-refractivity contribution in [2.24, 2.45) is 7.05 Å². The number of ether oxygens (including phenoxy) is 1. The summed E-state index contributed by atoms with van der Waals surface area (Å²) in [5, 5.41) is 12.5. The molecule has 0 radical (unpaired) electrons. The first kappa shape index (κ1) is 14.0. The number of aryl methyl sites for hydroxylation is 1. The molecule has 2 aromatic rings. The second kappa shape index (κ2) is 7.23. The Labute approximate surface area is 113 Å². The van der Waals surface area contributed by atoms with Gasteiger partial charge in [-0.2, -0.15) is 5.10 Å². The van der Waals surface area contributed by atoms with Crippen LogP contribution >= 0.6 is 0 Å². The zero-order valence-electron chi connectivity index (χ0n) is 11.6. The first-order valence-corrected chi connectivity index (χ1v) is 6.64. The highest BCUT2D eigenvalue weighted by molar-refractivity contribution is 5.81. The molecule has 0 bridgehead atoms. The topological polar surface area (TPSA) is 51.1 Å². The molecular formula is C14H22N4O. The lowest BCUT2D eigenvalue weighted by Gasteiger charge is -2.05. The fraction of sp³-hybridized carbons (Fsp3) is 0.500. The van der Waals surface area contributed by atoms with Crippen molar-refractivity contribution in [1.82, 2.24) is 20.4 Å². The van der Waals surface area contributed by atoms with Crippen LogP contribution in [0, 0.1) is 0 Å². The van der Waals surface area contributed by atoms with Crippen LogP contribution in [0.3, 0.4) is 0 Å². The first-order chi connectivity index (χ1) is 9.33. The third-order valence-corrected chi connectivity index (χ3v) is 3.09. The Morgan fingerprint density at radius 1 is 1.16 bits per heavy atom. The smallest absolute Gasteiger partial charge is 0.0841 e. The number of benzene rings is 1. The molecule has 0 aliphatic rings. The standard InChI is InChI=1S/C14H22N4O/c1-18-14-6-4-3-5-12(14)13(17-18)11-16-8-7-15-9-10-19-2/h3-6,15-16H,7-11H2,1-2H3. The average molecular weight is 262 g/mol. The lowest BCUT2D eigenvalue weighted by Crippen LogP contribution is -2.29. The highest BCUT2D eigenvalue weighted by Crippen LogP contribution is 2.16. The summed E-state index contributed by atoms with van der Waals surface area (Å²) in [5.74, 6) is 0. The molecule has 1 aromatic carbocycles. The Kier molecular flexibility index (Phi) is 5.32. The third kappa shape index (κ3) is 3.76. The van der Waals surface area contributed by atoms with E-state index in [4.69, 9.17) is 4.74 Å². The van der Waals surface area contributed by atoms with E-state index in [0.717, 1.165) is 38.5 Å². The maximum absolute atomic E-state index is 4.97. The number of para-hydroxylation sites is 1. The summed E-state index contributed by atoms with van der Waals surface area (Å²) in [7, 11) is 3.70. The van der Waals surface area contributed by atoms with E-state index in [1.165, 1.54) is 10.9 Å². The van der Waals surface area contributed by atoms with Crippen LogP contribution in [0.25, 0.3) is 10.9 Å². The molecule has 1 aromatic heterocycles. The summed E-state index contributed by atoms with van der Waals surface area (Å²) in [6.07, 6.45) is 0. The predicted molar refractivity (Wildman–Crippen MR) is 77.2 cm³/mol. The number of nitrogens with zero attached hydrogens (tertiary/aromatic N) is 2. The molecule has 0 spiro atoms. The van der Waals surface area contributed by atoms with Gasteiger partial charge < -0.3 is 15.4 Å². The molecule has 0 saturated heterocycles. The maximum atomic E-state index is 4.97. The normalized spacial score (nSPS) is 11.3. The van der Waals surface area contributed by atoms with E-state index in [0.29, 0.717) is 0 Å². The fourth-order valence-corrected chi connectivity index (χ4v) is 2.10. The van der Waals surface area contributed by atoms with Crippen molar-refractivity contribution in [1.29, 1.82) is 0 Å². The van der Waals surface area contributed by atoms with Gasteiger partial charge in [-0.25, -0.2) is 0 Å². The van der Waals surface area contributed by atoms with Crippen LogP contribution in [0.1, 0.15) is 5.69 Å². The summed E-state index contributed by atoms with van der Waals surface area (Å²) in [4.78, 5) is 0. The Morgan fingerprint density at radius 2 is 1.95 bits per heavy atom. The van der Waals surface area contributed by atoms with Gasteiger partial charge in [0.2, 0.25) is 0 Å². The van der Waals surface area contributed by atoms with E-state index in [-0.39, 0.29) is 0 Å². The van der Waals surface area contributed by atoms with Crippen LogP contribution in [0.5, 0.6) is 0 Å². The van der Waals surface area contributed by atoms with Crippen LogP contribution in [-0.2, 0) is 18.3 Å². The lowest BCUT2D eigenvalue weighted by atomic mass is 10.2. The van der Waals surface area contributed by atoms with Crippen LogP contribution < -0.4 is 10.6 Å². The number of hydrogen-bond acceptors (Lipinski definition) is 4. The van der Waals surface area contributed by atoms with Gasteiger partial charge in [0.1, 0.15) is 0 Å². The minimum atomic E-state index is 0.755. The van der Waals surface area contributed by atoms with Gasteiger partial charge in [-0.05, 0) is 6.07 Å². The van der Waals surface area contributed by atoms with E-state index in [9.17, 15) is 0 Å². The summed E-state index contributed by atoms with van der Waals surface area (Å²) in [6.45, 7) is 4.31. The Hall–Kier alpha value is -1.43. The highest BCUT2D eigenvalue weighted by atomic mass is 16.5. The highest BCUT2D eigenvalue weighted by Gasteiger charge is 2.06. The zero-order valence-corrected chi connectivity index (χ0v) is 11.6. The Morgan fingerprint density at radius 3 is 2.79 bits per heavy atom. The van der Waals surface area contributed by atoms with E-state index < -0.39 is 0 Å². The van der Waals surface area contributed by atoms with Crippen LogP contribution in [-0.4, -0.2) is 43.1 Å². The molecule has 0 fully saturated rings. The quantitative estimate of drug-likeness (QED) is 0.694. The van der Waals surface area contributed by atoms with Gasteiger partial charge in [0, 0.05) is 45.7 Å². The summed E-state index contributed by atoms with van der Waals surface area (Å²) in [6, 6.07) is 8.31. The minimum Gasteiger partial charge on any atom is -0.383 e. The van der Waals surface area contributed by atoms with Crippen molar-refractivity contribution in [2.45, 2.75) is 6.54 Å². The van der Waals surface area contributed by atoms with Crippen molar-refractivity contribution < 1.29 is 4.74 Å². The molecule has 5 nitrogen and oxygen atoms in total. The first-order valence-electron chi connectivity index (χ1n) is 6.64. The monoisotopic (exact) mass is 262 g/mol. The lowest BCUT2D eigenvalue weighted by molar-refractivity contribution is 0.199. The van der Waals surface area contributed by atoms with Crippen molar-refractivity contribution >= 4 is 10.9 Å². The second-order valence-electron chi connectivity index (χ2n) is 4.51. The molecule has 1 heterocycles. The van der Waals surface area contributed by atoms with Crippen LogP contribution in [0.2, 0.25) is 0 Å². The van der Waals surface area contributed by atoms with Gasteiger partial charge in [0.05, 0.1) is 17.8 Å². The summed E-state index contributed by atoms with van der Waals surface area (Å²) >= 11 is 0. The molecule has 19 heavy (non-hydrogen) atoms. The van der Waals surface area contributed by atoms with Gasteiger partial charge in [0.15, 0.2) is 0 Å². The Balaban J connectivity index is 1.79. The largest absolute Gasteiger partial charge is 0.383 e. The summed E-state index contributed by atoms with van der Waals surface area (Å²) in [5.41, 5.74) is 2.28. The third-order valence-electron chi connectivity index (χ3n) is 3.09. The molecule has 104 valence electrons. The van der Waals surface area contributed by atoms with E-state index in [1.807, 2.05) is 17.8 Å².